The lowest BCUT2D eigenvalue weighted by Crippen LogP contribution is -2.22. The van der Waals surface area contributed by atoms with Crippen molar-refractivity contribution in [1.29, 1.82) is 0 Å². The van der Waals surface area contributed by atoms with Gasteiger partial charge >= 0.3 is 0 Å². The first-order valence-corrected chi connectivity index (χ1v) is 10.3. The summed E-state index contributed by atoms with van der Waals surface area (Å²) in [7, 11) is -3.74. The van der Waals surface area contributed by atoms with E-state index in [0.29, 0.717) is 10.6 Å². The maximum Gasteiger partial charge on any atom is 0.277 e. The van der Waals surface area contributed by atoms with Gasteiger partial charge in [0.2, 0.25) is 0 Å². The van der Waals surface area contributed by atoms with Gasteiger partial charge in [-0.2, -0.15) is 13.5 Å². The summed E-state index contributed by atoms with van der Waals surface area (Å²) in [4.78, 5) is 2.64. The Kier molecular flexibility index (Phi) is 5.45. The second-order valence-electron chi connectivity index (χ2n) is 6.34. The Morgan fingerprint density at radius 2 is 1.68 bits per heavy atom. The summed E-state index contributed by atoms with van der Waals surface area (Å²) < 4.78 is 25.6. The smallest absolute Gasteiger partial charge is 0.200 e. The first-order valence-electron chi connectivity index (χ1n) is 8.39. The summed E-state index contributed by atoms with van der Waals surface area (Å²) in [6.45, 7) is 1.94. The molecular weight excluding hydrogens is 356 g/mol. The maximum absolute atomic E-state index is 12.8. The standard InChI is InChI=1S/C19H21ClN2O2S/c1-14-7-12-19(18(13-14)15-8-10-16(20)11-9-15)25(23,24)22-21-17-5-3-2-4-6-17/h7-13,22H,2-6H2,1H3. The van der Waals surface area contributed by atoms with Crippen LogP contribution in [-0.4, -0.2) is 14.1 Å². The van der Waals surface area contributed by atoms with Crippen LogP contribution in [0.1, 0.15) is 37.7 Å². The first kappa shape index (κ1) is 18.0. The molecule has 0 saturated heterocycles. The molecule has 132 valence electrons. The molecule has 2 aromatic rings. The van der Waals surface area contributed by atoms with Gasteiger partial charge < -0.3 is 0 Å². The summed E-state index contributed by atoms with van der Waals surface area (Å²) in [5.74, 6) is 0. The third-order valence-corrected chi connectivity index (χ3v) is 5.85. The SMILES string of the molecule is Cc1ccc(S(=O)(=O)NN=C2CCCCC2)c(-c2ccc(Cl)cc2)c1. The number of nitrogens with one attached hydrogen (secondary N) is 1. The quantitative estimate of drug-likeness (QED) is 0.770. The fraction of sp³-hybridized carbons (Fsp3) is 0.316. The van der Waals surface area contributed by atoms with Crippen LogP contribution in [0.3, 0.4) is 0 Å². The average molecular weight is 377 g/mol. The van der Waals surface area contributed by atoms with Crippen molar-refractivity contribution < 1.29 is 8.42 Å². The third-order valence-electron chi connectivity index (χ3n) is 4.33. The van der Waals surface area contributed by atoms with Crippen molar-refractivity contribution >= 4 is 27.3 Å². The first-order chi connectivity index (χ1) is 12.0. The molecule has 0 aromatic heterocycles. The number of hydrogen-bond acceptors (Lipinski definition) is 3. The number of hydrogen-bond donors (Lipinski definition) is 1. The molecular formula is C19H21ClN2O2S. The van der Waals surface area contributed by atoms with Gasteiger partial charge in [-0.15, -0.1) is 0 Å². The molecule has 0 heterocycles. The van der Waals surface area contributed by atoms with Crippen LogP contribution in [0.2, 0.25) is 5.02 Å². The molecule has 4 nitrogen and oxygen atoms in total. The molecule has 1 aliphatic carbocycles. The van der Waals surface area contributed by atoms with Crippen LogP contribution >= 0.6 is 11.6 Å². The minimum atomic E-state index is -3.74. The van der Waals surface area contributed by atoms with Gasteiger partial charge in [-0.3, -0.25) is 0 Å². The van der Waals surface area contributed by atoms with Crippen molar-refractivity contribution in [2.24, 2.45) is 5.10 Å². The molecule has 0 spiro atoms. The van der Waals surface area contributed by atoms with Crippen molar-refractivity contribution in [3.63, 3.8) is 0 Å². The Labute approximate surface area is 154 Å². The highest BCUT2D eigenvalue weighted by atomic mass is 35.5. The number of rotatable bonds is 4. The summed E-state index contributed by atoms with van der Waals surface area (Å²) in [5.41, 5.74) is 3.37. The molecule has 0 atom stereocenters. The zero-order valence-electron chi connectivity index (χ0n) is 14.1. The third kappa shape index (κ3) is 4.41. The zero-order valence-corrected chi connectivity index (χ0v) is 15.7. The summed E-state index contributed by atoms with van der Waals surface area (Å²) in [5, 5.41) is 4.77. The van der Waals surface area contributed by atoms with Crippen molar-refractivity contribution in [2.45, 2.75) is 43.9 Å². The van der Waals surface area contributed by atoms with Crippen LogP contribution in [0.15, 0.2) is 52.5 Å². The molecule has 25 heavy (non-hydrogen) atoms. The fourth-order valence-electron chi connectivity index (χ4n) is 2.98. The van der Waals surface area contributed by atoms with Gasteiger partial charge in [-0.1, -0.05) is 47.9 Å². The minimum absolute atomic E-state index is 0.223. The van der Waals surface area contributed by atoms with Crippen LogP contribution < -0.4 is 4.83 Å². The van der Waals surface area contributed by atoms with Crippen molar-refractivity contribution in [3.8, 4) is 11.1 Å². The number of nitrogens with zero attached hydrogens (tertiary/aromatic N) is 1. The lowest BCUT2D eigenvalue weighted by Gasteiger charge is -2.14. The largest absolute Gasteiger partial charge is 0.277 e. The Morgan fingerprint density at radius 3 is 2.36 bits per heavy atom. The topological polar surface area (TPSA) is 58.5 Å². The Bertz CT molecular complexity index is 882. The molecule has 0 unspecified atom stereocenters. The van der Waals surface area contributed by atoms with E-state index in [2.05, 4.69) is 9.93 Å². The molecule has 3 rings (SSSR count). The predicted molar refractivity (Wildman–Crippen MR) is 102 cm³/mol. The van der Waals surface area contributed by atoms with Crippen molar-refractivity contribution in [3.05, 3.63) is 53.1 Å². The maximum atomic E-state index is 12.8. The monoisotopic (exact) mass is 376 g/mol. The van der Waals surface area contributed by atoms with Crippen LogP contribution in [0.5, 0.6) is 0 Å². The molecule has 1 N–H and O–H groups in total. The Balaban J connectivity index is 1.96. The lowest BCUT2D eigenvalue weighted by molar-refractivity contribution is 0.583. The van der Waals surface area contributed by atoms with Gasteiger partial charge in [0.15, 0.2) is 0 Å². The molecule has 1 saturated carbocycles. The lowest BCUT2D eigenvalue weighted by atomic mass is 9.99. The minimum Gasteiger partial charge on any atom is -0.200 e. The highest BCUT2D eigenvalue weighted by molar-refractivity contribution is 7.89. The van der Waals surface area contributed by atoms with E-state index in [9.17, 15) is 8.42 Å². The van der Waals surface area contributed by atoms with Crippen molar-refractivity contribution in [2.75, 3.05) is 0 Å². The van der Waals surface area contributed by atoms with Gasteiger partial charge in [-0.25, -0.2) is 4.83 Å². The molecule has 1 aliphatic rings. The second kappa shape index (κ2) is 7.58. The zero-order chi connectivity index (χ0) is 17.9. The number of aryl methyl sites for hydroxylation is 1. The summed E-state index contributed by atoms with van der Waals surface area (Å²) in [6, 6.07) is 12.4. The summed E-state index contributed by atoms with van der Waals surface area (Å²) >= 11 is 5.95. The van der Waals surface area contributed by atoms with Crippen LogP contribution in [-0.2, 0) is 10.0 Å². The van der Waals surface area contributed by atoms with Crippen LogP contribution in [0.4, 0.5) is 0 Å². The number of sulfonamides is 1. The molecule has 2 aromatic carbocycles. The molecule has 0 aliphatic heterocycles. The van der Waals surface area contributed by atoms with Gasteiger partial charge in [0.05, 0.1) is 4.90 Å². The highest BCUT2D eigenvalue weighted by Crippen LogP contribution is 2.29. The predicted octanol–water partition coefficient (Wildman–Crippen LogP) is 4.91. The molecule has 6 heteroatoms. The van der Waals surface area contributed by atoms with Crippen molar-refractivity contribution in [1.82, 2.24) is 4.83 Å². The van der Waals surface area contributed by atoms with E-state index in [1.54, 1.807) is 24.3 Å². The van der Waals surface area contributed by atoms with Gasteiger partial charge in [0.1, 0.15) is 0 Å². The Morgan fingerprint density at radius 1 is 1.00 bits per heavy atom. The molecule has 0 amide bonds. The fourth-order valence-corrected chi connectivity index (χ4v) is 4.17. The Hall–Kier alpha value is -1.85. The van der Waals surface area contributed by atoms with E-state index < -0.39 is 10.0 Å². The number of benzene rings is 2. The molecule has 1 fully saturated rings. The second-order valence-corrected chi connectivity index (χ2v) is 8.41. The van der Waals surface area contributed by atoms with E-state index in [1.807, 2.05) is 25.1 Å². The van der Waals surface area contributed by atoms with E-state index in [4.69, 9.17) is 11.6 Å². The van der Waals surface area contributed by atoms with E-state index in [1.165, 1.54) is 6.42 Å². The number of halogens is 1. The molecule has 0 radical (unpaired) electrons. The van der Waals surface area contributed by atoms with Crippen LogP contribution in [0.25, 0.3) is 11.1 Å². The highest BCUT2D eigenvalue weighted by Gasteiger charge is 2.20. The summed E-state index contributed by atoms with van der Waals surface area (Å²) in [6.07, 6.45) is 5.05. The molecule has 0 bridgehead atoms. The van der Waals surface area contributed by atoms with Gasteiger partial charge in [0.25, 0.3) is 10.0 Å². The average Bonchev–Trinajstić information content (AvgIpc) is 2.61. The van der Waals surface area contributed by atoms with Gasteiger partial charge in [0, 0.05) is 16.3 Å². The van der Waals surface area contributed by atoms with E-state index >= 15 is 0 Å². The van der Waals surface area contributed by atoms with Crippen LogP contribution in [0, 0.1) is 6.92 Å². The van der Waals surface area contributed by atoms with E-state index in [-0.39, 0.29) is 4.90 Å². The normalized spacial score (nSPS) is 15.0. The van der Waals surface area contributed by atoms with E-state index in [0.717, 1.165) is 42.5 Å². The number of hydrazone groups is 1. The van der Waals surface area contributed by atoms with Gasteiger partial charge in [-0.05, 0) is 56.4 Å².